The zero-order valence-electron chi connectivity index (χ0n) is 9.72. The number of amides is 1. The topological polar surface area (TPSA) is 93.5 Å². The Bertz CT molecular complexity index is 504. The number of rotatable bonds is 3. The molecule has 0 fully saturated rings. The SMILES string of the molecule is COc1ccc([N+](=O)[O-])cc1NC(=S)NC(C)=O. The number of hydrogen-bond donors (Lipinski definition) is 2. The number of nitrogens with zero attached hydrogens (tertiary/aromatic N) is 1. The van der Waals surface area contributed by atoms with Crippen molar-refractivity contribution in [3.8, 4) is 5.75 Å². The monoisotopic (exact) mass is 269 g/mol. The van der Waals surface area contributed by atoms with Crippen molar-refractivity contribution in [1.82, 2.24) is 5.32 Å². The molecule has 0 aromatic heterocycles. The van der Waals surface area contributed by atoms with E-state index in [1.807, 2.05) is 0 Å². The van der Waals surface area contributed by atoms with E-state index in [2.05, 4.69) is 10.6 Å². The average Bonchev–Trinajstić information content (AvgIpc) is 2.27. The number of ether oxygens (including phenoxy) is 1. The molecule has 1 rings (SSSR count). The van der Waals surface area contributed by atoms with Gasteiger partial charge in [-0.15, -0.1) is 0 Å². The van der Waals surface area contributed by atoms with Crippen molar-refractivity contribution in [2.45, 2.75) is 6.92 Å². The van der Waals surface area contributed by atoms with Crippen LogP contribution in [0.3, 0.4) is 0 Å². The molecule has 0 aliphatic heterocycles. The maximum atomic E-state index is 10.8. The minimum atomic E-state index is -0.536. The summed E-state index contributed by atoms with van der Waals surface area (Å²) in [5.74, 6) is 0.0465. The fraction of sp³-hybridized carbons (Fsp3) is 0.200. The lowest BCUT2D eigenvalue weighted by atomic mass is 10.2. The highest BCUT2D eigenvalue weighted by Gasteiger charge is 2.12. The minimum absolute atomic E-state index is 0.0429. The molecule has 1 aromatic carbocycles. The van der Waals surface area contributed by atoms with Gasteiger partial charge in [0.1, 0.15) is 5.75 Å². The summed E-state index contributed by atoms with van der Waals surface area (Å²) in [5.41, 5.74) is 0.203. The number of hydrogen-bond acceptors (Lipinski definition) is 5. The Morgan fingerprint density at radius 2 is 2.17 bits per heavy atom. The molecule has 0 spiro atoms. The summed E-state index contributed by atoms with van der Waals surface area (Å²) in [7, 11) is 1.42. The van der Waals surface area contributed by atoms with Crippen molar-refractivity contribution in [2.24, 2.45) is 0 Å². The third-order valence-electron chi connectivity index (χ3n) is 1.93. The van der Waals surface area contributed by atoms with Gasteiger partial charge in [0.05, 0.1) is 17.7 Å². The van der Waals surface area contributed by atoms with Crippen LogP contribution in [0.1, 0.15) is 6.92 Å². The normalized spacial score (nSPS) is 9.44. The molecule has 0 unspecified atom stereocenters. The molecule has 0 radical (unpaired) electrons. The summed E-state index contributed by atoms with van der Waals surface area (Å²) in [5, 5.41) is 15.7. The Balaban J connectivity index is 2.97. The van der Waals surface area contributed by atoms with Crippen molar-refractivity contribution in [3.05, 3.63) is 28.3 Å². The lowest BCUT2D eigenvalue weighted by molar-refractivity contribution is -0.384. The predicted octanol–water partition coefficient (Wildman–Crippen LogP) is 1.44. The van der Waals surface area contributed by atoms with Crippen molar-refractivity contribution in [2.75, 3.05) is 12.4 Å². The summed E-state index contributed by atoms with van der Waals surface area (Å²) >= 11 is 4.86. The first-order chi connectivity index (χ1) is 8.43. The molecule has 1 aromatic rings. The highest BCUT2D eigenvalue weighted by Crippen LogP contribution is 2.28. The number of nitro groups is 1. The molecular formula is C10H11N3O4S. The molecule has 0 bridgehead atoms. The van der Waals surface area contributed by atoms with Gasteiger partial charge in [-0.1, -0.05) is 0 Å². The molecule has 0 saturated heterocycles. The Kier molecular flexibility index (Phi) is 4.55. The highest BCUT2D eigenvalue weighted by molar-refractivity contribution is 7.80. The third-order valence-corrected chi connectivity index (χ3v) is 2.14. The molecule has 2 N–H and O–H groups in total. The fourth-order valence-corrected chi connectivity index (χ4v) is 1.47. The van der Waals surface area contributed by atoms with E-state index in [0.717, 1.165) is 0 Å². The molecule has 0 heterocycles. The summed E-state index contributed by atoms with van der Waals surface area (Å²) < 4.78 is 5.03. The van der Waals surface area contributed by atoms with Crippen molar-refractivity contribution < 1.29 is 14.5 Å². The van der Waals surface area contributed by atoms with Crippen LogP contribution in [0.2, 0.25) is 0 Å². The van der Waals surface area contributed by atoms with E-state index in [1.165, 1.54) is 32.2 Å². The second-order valence-electron chi connectivity index (χ2n) is 3.28. The number of nitrogens with one attached hydrogen (secondary N) is 2. The maximum Gasteiger partial charge on any atom is 0.271 e. The zero-order valence-corrected chi connectivity index (χ0v) is 10.5. The standard InChI is InChI=1S/C10H11N3O4S/c1-6(14)11-10(18)12-8-5-7(13(15)16)3-4-9(8)17-2/h3-5H,1-2H3,(H2,11,12,14,18). The Morgan fingerprint density at radius 1 is 1.50 bits per heavy atom. The number of carbonyl (C=O) groups excluding carboxylic acids is 1. The molecule has 0 aliphatic carbocycles. The van der Waals surface area contributed by atoms with E-state index in [-0.39, 0.29) is 16.7 Å². The molecule has 1 amide bonds. The van der Waals surface area contributed by atoms with Gasteiger partial charge in [0.25, 0.3) is 5.69 Å². The third kappa shape index (κ3) is 3.67. The van der Waals surface area contributed by atoms with E-state index < -0.39 is 4.92 Å². The van der Waals surface area contributed by atoms with Gasteiger partial charge in [-0.2, -0.15) is 0 Å². The van der Waals surface area contributed by atoms with E-state index in [4.69, 9.17) is 17.0 Å². The van der Waals surface area contributed by atoms with E-state index in [1.54, 1.807) is 0 Å². The smallest absolute Gasteiger partial charge is 0.271 e. The molecule has 7 nitrogen and oxygen atoms in total. The number of nitro benzene ring substituents is 1. The second-order valence-corrected chi connectivity index (χ2v) is 3.69. The molecule has 0 aliphatic rings. The molecule has 18 heavy (non-hydrogen) atoms. The fourth-order valence-electron chi connectivity index (χ4n) is 1.22. The van der Waals surface area contributed by atoms with Crippen molar-refractivity contribution >= 4 is 34.6 Å². The first kappa shape index (κ1) is 13.8. The van der Waals surface area contributed by atoms with Gasteiger partial charge in [-0.25, -0.2) is 0 Å². The van der Waals surface area contributed by atoms with Crippen LogP contribution in [-0.2, 0) is 4.79 Å². The van der Waals surface area contributed by atoms with Crippen LogP contribution in [0.4, 0.5) is 11.4 Å². The van der Waals surface area contributed by atoms with Gasteiger partial charge < -0.3 is 15.4 Å². The number of methoxy groups -OCH3 is 1. The summed E-state index contributed by atoms with van der Waals surface area (Å²) in [4.78, 5) is 20.9. The summed E-state index contributed by atoms with van der Waals surface area (Å²) in [6.45, 7) is 1.30. The van der Waals surface area contributed by atoms with Gasteiger partial charge in [-0.05, 0) is 18.3 Å². The number of anilines is 1. The first-order valence-electron chi connectivity index (χ1n) is 4.85. The van der Waals surface area contributed by atoms with Crippen LogP contribution < -0.4 is 15.4 Å². The van der Waals surface area contributed by atoms with Crippen molar-refractivity contribution in [1.29, 1.82) is 0 Å². The van der Waals surface area contributed by atoms with E-state index in [0.29, 0.717) is 11.4 Å². The predicted molar refractivity (Wildman–Crippen MR) is 69.7 cm³/mol. The largest absolute Gasteiger partial charge is 0.495 e. The maximum absolute atomic E-state index is 10.8. The lowest BCUT2D eigenvalue weighted by Gasteiger charge is -2.11. The number of benzene rings is 1. The minimum Gasteiger partial charge on any atom is -0.495 e. The van der Waals surface area contributed by atoms with Gasteiger partial charge in [-0.3, -0.25) is 14.9 Å². The van der Waals surface area contributed by atoms with Crippen LogP contribution in [-0.4, -0.2) is 23.1 Å². The quantitative estimate of drug-likeness (QED) is 0.490. The van der Waals surface area contributed by atoms with Crippen LogP contribution in [0.15, 0.2) is 18.2 Å². The van der Waals surface area contributed by atoms with Gasteiger partial charge in [0, 0.05) is 19.1 Å². The molecule has 0 saturated carbocycles. The van der Waals surface area contributed by atoms with Gasteiger partial charge in [0.15, 0.2) is 5.11 Å². The van der Waals surface area contributed by atoms with Gasteiger partial charge in [0.2, 0.25) is 5.91 Å². The summed E-state index contributed by atoms with van der Waals surface area (Å²) in [6, 6.07) is 4.02. The van der Waals surface area contributed by atoms with Crippen LogP contribution in [0, 0.1) is 10.1 Å². The van der Waals surface area contributed by atoms with Crippen LogP contribution in [0.5, 0.6) is 5.75 Å². The summed E-state index contributed by atoms with van der Waals surface area (Å²) in [6.07, 6.45) is 0. The second kappa shape index (κ2) is 5.92. The Labute approximate surface area is 108 Å². The van der Waals surface area contributed by atoms with Gasteiger partial charge >= 0.3 is 0 Å². The zero-order chi connectivity index (χ0) is 13.7. The highest BCUT2D eigenvalue weighted by atomic mass is 32.1. The van der Waals surface area contributed by atoms with Crippen LogP contribution in [0.25, 0.3) is 0 Å². The first-order valence-corrected chi connectivity index (χ1v) is 5.26. The molecule has 96 valence electrons. The Morgan fingerprint density at radius 3 is 2.67 bits per heavy atom. The van der Waals surface area contributed by atoms with Crippen LogP contribution >= 0.6 is 12.2 Å². The number of thiocarbonyl (C=S) groups is 1. The number of carbonyl (C=O) groups is 1. The molecule has 8 heteroatoms. The number of non-ortho nitro benzene ring substituents is 1. The van der Waals surface area contributed by atoms with Crippen molar-refractivity contribution in [3.63, 3.8) is 0 Å². The Hall–Kier alpha value is -2.22. The average molecular weight is 269 g/mol. The van der Waals surface area contributed by atoms with E-state index in [9.17, 15) is 14.9 Å². The molecular weight excluding hydrogens is 258 g/mol. The molecule has 0 atom stereocenters. The lowest BCUT2D eigenvalue weighted by Crippen LogP contribution is -2.32. The van der Waals surface area contributed by atoms with E-state index >= 15 is 0 Å².